The maximum absolute atomic E-state index is 13.5. The van der Waals surface area contributed by atoms with Gasteiger partial charge in [-0.25, -0.2) is 0 Å². The fourth-order valence-electron chi connectivity index (χ4n) is 4.78. The van der Waals surface area contributed by atoms with Crippen molar-refractivity contribution in [1.82, 2.24) is 15.1 Å². The number of carbonyl (C=O) groups is 2. The summed E-state index contributed by atoms with van der Waals surface area (Å²) >= 11 is 1.56. The van der Waals surface area contributed by atoms with E-state index in [9.17, 15) is 9.59 Å². The van der Waals surface area contributed by atoms with Gasteiger partial charge in [0.25, 0.3) is 5.91 Å². The number of ether oxygens (including phenoxy) is 2. The third-order valence-electron chi connectivity index (χ3n) is 6.44. The van der Waals surface area contributed by atoms with Crippen LogP contribution in [0, 0.1) is 0 Å². The summed E-state index contributed by atoms with van der Waals surface area (Å²) in [6.45, 7) is 3.92. The minimum absolute atomic E-state index is 0.0716. The average Bonchev–Trinajstić information content (AvgIpc) is 3.52. The fraction of sp³-hybridized carbons (Fsp3) is 0.500. The molecule has 1 fully saturated rings. The molecule has 0 spiro atoms. The minimum Gasteiger partial charge on any atom is -0.493 e. The number of amides is 2. The smallest absolute Gasteiger partial charge is 0.254 e. The highest BCUT2D eigenvalue weighted by Crippen LogP contribution is 2.46. The number of carbonyl (C=O) groups excluding carboxylic acids is 2. The van der Waals surface area contributed by atoms with Crippen molar-refractivity contribution in [2.24, 2.45) is 0 Å². The van der Waals surface area contributed by atoms with Crippen LogP contribution in [0.4, 0.5) is 0 Å². The van der Waals surface area contributed by atoms with Gasteiger partial charge >= 0.3 is 0 Å². The lowest BCUT2D eigenvalue weighted by Gasteiger charge is -2.39. The first-order chi connectivity index (χ1) is 15.5. The predicted molar refractivity (Wildman–Crippen MR) is 125 cm³/mol. The zero-order valence-corrected chi connectivity index (χ0v) is 19.7. The van der Waals surface area contributed by atoms with Gasteiger partial charge in [-0.05, 0) is 68.0 Å². The Balaban J connectivity index is 1.63. The van der Waals surface area contributed by atoms with E-state index in [0.29, 0.717) is 29.2 Å². The van der Waals surface area contributed by atoms with Crippen molar-refractivity contribution in [2.45, 2.75) is 31.2 Å². The number of methoxy groups -OCH3 is 2. The average molecular weight is 458 g/mol. The number of thiophene rings is 1. The topological polar surface area (TPSA) is 71.1 Å². The van der Waals surface area contributed by atoms with Crippen LogP contribution in [-0.4, -0.2) is 69.1 Å². The molecule has 32 heavy (non-hydrogen) atoms. The second-order valence-electron chi connectivity index (χ2n) is 8.34. The summed E-state index contributed by atoms with van der Waals surface area (Å²) in [5.41, 5.74) is 1.16. The van der Waals surface area contributed by atoms with Crippen LogP contribution in [0.25, 0.3) is 0 Å². The van der Waals surface area contributed by atoms with Crippen LogP contribution in [0.15, 0.2) is 29.6 Å². The Bertz CT molecular complexity index is 956. The maximum atomic E-state index is 13.5. The first-order valence-corrected chi connectivity index (χ1v) is 12.0. The number of rotatable bonds is 8. The molecule has 4 rings (SSSR count). The molecular formula is C24H31N3O4S. The van der Waals surface area contributed by atoms with Gasteiger partial charge in [0, 0.05) is 24.0 Å². The molecule has 7 nitrogen and oxygen atoms in total. The van der Waals surface area contributed by atoms with Gasteiger partial charge < -0.3 is 24.6 Å². The molecule has 0 saturated carbocycles. The van der Waals surface area contributed by atoms with E-state index in [1.165, 1.54) is 12.8 Å². The van der Waals surface area contributed by atoms with Crippen molar-refractivity contribution < 1.29 is 19.1 Å². The van der Waals surface area contributed by atoms with Crippen LogP contribution in [-0.2, 0) is 4.79 Å². The molecule has 2 aromatic rings. The molecular weight excluding hydrogens is 426 g/mol. The van der Waals surface area contributed by atoms with Crippen molar-refractivity contribution in [1.29, 1.82) is 0 Å². The molecule has 1 saturated heterocycles. The quantitative estimate of drug-likeness (QED) is 0.616. The van der Waals surface area contributed by atoms with E-state index < -0.39 is 5.92 Å². The molecule has 0 aliphatic carbocycles. The molecule has 8 heteroatoms. The molecule has 3 heterocycles. The van der Waals surface area contributed by atoms with Crippen molar-refractivity contribution in [3.63, 3.8) is 0 Å². The molecule has 2 atom stereocenters. The number of benzene rings is 1. The highest BCUT2D eigenvalue weighted by atomic mass is 32.1. The zero-order chi connectivity index (χ0) is 22.7. The first kappa shape index (κ1) is 22.6. The Hall–Kier alpha value is -2.58. The van der Waals surface area contributed by atoms with Gasteiger partial charge in [-0.3, -0.25) is 9.59 Å². The van der Waals surface area contributed by atoms with Crippen LogP contribution in [0.3, 0.4) is 0 Å². The molecule has 1 N–H and O–H groups in total. The van der Waals surface area contributed by atoms with Gasteiger partial charge in [0.05, 0.1) is 26.2 Å². The third kappa shape index (κ3) is 4.34. The van der Waals surface area contributed by atoms with E-state index in [4.69, 9.17) is 9.47 Å². The summed E-state index contributed by atoms with van der Waals surface area (Å²) in [6.07, 6.45) is 3.44. The van der Waals surface area contributed by atoms with E-state index in [1.54, 1.807) is 49.6 Å². The number of likely N-dealkylation sites (N-methyl/N-ethyl adjacent to an activating group) is 1. The highest BCUT2D eigenvalue weighted by molar-refractivity contribution is 7.10. The van der Waals surface area contributed by atoms with Crippen LogP contribution in [0.1, 0.15) is 52.0 Å². The molecule has 172 valence electrons. The van der Waals surface area contributed by atoms with E-state index in [-0.39, 0.29) is 17.9 Å². The SMILES string of the molecule is COc1cc2c(cc1OC)[C@H](C(=O)NCCCN1CCCC1)[C@H](c1cccs1)N(C)C2=O. The van der Waals surface area contributed by atoms with Crippen molar-refractivity contribution >= 4 is 23.2 Å². The second-order valence-corrected chi connectivity index (χ2v) is 9.32. The summed E-state index contributed by atoms with van der Waals surface area (Å²) < 4.78 is 10.9. The first-order valence-electron chi connectivity index (χ1n) is 11.1. The van der Waals surface area contributed by atoms with Gasteiger partial charge in [-0.15, -0.1) is 11.3 Å². The molecule has 1 aromatic carbocycles. The minimum atomic E-state index is -0.530. The summed E-state index contributed by atoms with van der Waals surface area (Å²) in [4.78, 5) is 31.9. The third-order valence-corrected chi connectivity index (χ3v) is 7.38. The lowest BCUT2D eigenvalue weighted by molar-refractivity contribution is -0.124. The Kier molecular flexibility index (Phi) is 7.01. The second kappa shape index (κ2) is 9.92. The Morgan fingerprint density at radius 1 is 1.19 bits per heavy atom. The summed E-state index contributed by atoms with van der Waals surface area (Å²) in [5, 5.41) is 5.11. The molecule has 2 aliphatic heterocycles. The number of hydrogen-bond donors (Lipinski definition) is 1. The summed E-state index contributed by atoms with van der Waals surface area (Å²) in [5.74, 6) is 0.265. The molecule has 0 radical (unpaired) electrons. The monoisotopic (exact) mass is 457 g/mol. The number of hydrogen-bond acceptors (Lipinski definition) is 6. The lowest BCUT2D eigenvalue weighted by Crippen LogP contribution is -2.45. The van der Waals surface area contributed by atoms with Crippen LogP contribution in [0.5, 0.6) is 11.5 Å². The Morgan fingerprint density at radius 3 is 2.56 bits per heavy atom. The molecule has 0 unspecified atom stereocenters. The lowest BCUT2D eigenvalue weighted by atomic mass is 9.81. The largest absolute Gasteiger partial charge is 0.493 e. The van der Waals surface area contributed by atoms with E-state index in [1.807, 2.05) is 17.5 Å². The summed E-state index contributed by atoms with van der Waals surface area (Å²) in [7, 11) is 4.87. The zero-order valence-electron chi connectivity index (χ0n) is 18.9. The molecule has 2 amide bonds. The molecule has 2 aliphatic rings. The van der Waals surface area contributed by atoms with Crippen molar-refractivity contribution in [3.05, 3.63) is 45.6 Å². The summed E-state index contributed by atoms with van der Waals surface area (Å²) in [6, 6.07) is 7.04. The maximum Gasteiger partial charge on any atom is 0.254 e. The van der Waals surface area contributed by atoms with Crippen molar-refractivity contribution in [3.8, 4) is 11.5 Å². The normalized spacial score (nSPS) is 20.8. The molecule has 0 bridgehead atoms. The van der Waals surface area contributed by atoms with Crippen LogP contribution < -0.4 is 14.8 Å². The number of nitrogens with one attached hydrogen (secondary N) is 1. The fourth-order valence-corrected chi connectivity index (χ4v) is 5.68. The number of likely N-dealkylation sites (tertiary alicyclic amines) is 1. The van der Waals surface area contributed by atoms with Gasteiger partial charge in [-0.1, -0.05) is 6.07 Å². The van der Waals surface area contributed by atoms with Gasteiger partial charge in [0.1, 0.15) is 0 Å². The van der Waals surface area contributed by atoms with E-state index in [0.717, 1.165) is 30.9 Å². The van der Waals surface area contributed by atoms with Gasteiger partial charge in [-0.2, -0.15) is 0 Å². The van der Waals surface area contributed by atoms with E-state index in [2.05, 4.69) is 10.2 Å². The van der Waals surface area contributed by atoms with Gasteiger partial charge in [0.2, 0.25) is 5.91 Å². The predicted octanol–water partition coefficient (Wildman–Crippen LogP) is 3.28. The van der Waals surface area contributed by atoms with Gasteiger partial charge in [0.15, 0.2) is 11.5 Å². The van der Waals surface area contributed by atoms with Crippen LogP contribution >= 0.6 is 11.3 Å². The van der Waals surface area contributed by atoms with Crippen molar-refractivity contribution in [2.75, 3.05) is 47.4 Å². The number of nitrogens with zero attached hydrogens (tertiary/aromatic N) is 2. The molecule has 1 aromatic heterocycles. The number of fused-ring (bicyclic) bond motifs is 1. The standard InChI is InChI=1S/C24H31N3O4S/c1-26-22(20-8-6-13-32-20)21(23(28)25-9-7-12-27-10-4-5-11-27)16-14-18(30-2)19(31-3)15-17(16)24(26)29/h6,8,13-15,21-22H,4-5,7,9-12H2,1-3H3,(H,25,28)/t21-,22-/m0/s1. The van der Waals surface area contributed by atoms with Crippen LogP contribution in [0.2, 0.25) is 0 Å². The Morgan fingerprint density at radius 2 is 1.91 bits per heavy atom. The van der Waals surface area contributed by atoms with E-state index >= 15 is 0 Å². The highest BCUT2D eigenvalue weighted by Gasteiger charge is 2.44. The Labute approximate surface area is 193 Å².